The quantitative estimate of drug-likeness (QED) is 0.557. The first-order chi connectivity index (χ1) is 7.66. The summed E-state index contributed by atoms with van der Waals surface area (Å²) in [6.45, 7) is 6.76. The SMILES string of the molecule is CCCCOC(=O)c1ccccc1C(C)C. The number of ether oxygens (including phenoxy) is 1. The van der Waals surface area contributed by atoms with E-state index in [4.69, 9.17) is 4.74 Å². The van der Waals surface area contributed by atoms with Crippen molar-refractivity contribution in [3.63, 3.8) is 0 Å². The third-order valence-electron chi connectivity index (χ3n) is 2.53. The number of esters is 1. The summed E-state index contributed by atoms with van der Waals surface area (Å²) in [5.41, 5.74) is 1.76. The van der Waals surface area contributed by atoms with Gasteiger partial charge in [-0.3, -0.25) is 0 Å². The van der Waals surface area contributed by atoms with Crippen molar-refractivity contribution in [3.05, 3.63) is 35.4 Å². The van der Waals surface area contributed by atoms with E-state index < -0.39 is 0 Å². The van der Waals surface area contributed by atoms with Gasteiger partial charge in [0.2, 0.25) is 0 Å². The second-order valence-corrected chi connectivity index (χ2v) is 4.23. The molecule has 0 aliphatic rings. The van der Waals surface area contributed by atoms with E-state index in [1.54, 1.807) is 0 Å². The Hall–Kier alpha value is -1.31. The number of hydrogen-bond donors (Lipinski definition) is 0. The topological polar surface area (TPSA) is 26.3 Å². The number of benzene rings is 1. The molecule has 0 aromatic heterocycles. The molecule has 0 atom stereocenters. The van der Waals surface area contributed by atoms with Crippen LogP contribution in [0.4, 0.5) is 0 Å². The van der Waals surface area contributed by atoms with Gasteiger partial charge in [-0.25, -0.2) is 4.79 Å². The normalized spacial score (nSPS) is 10.5. The molecule has 0 radical (unpaired) electrons. The Bertz CT molecular complexity index is 342. The van der Waals surface area contributed by atoms with Crippen molar-refractivity contribution in [2.45, 2.75) is 39.5 Å². The summed E-state index contributed by atoms with van der Waals surface area (Å²) in [5, 5.41) is 0. The van der Waals surface area contributed by atoms with Gasteiger partial charge >= 0.3 is 5.97 Å². The van der Waals surface area contributed by atoms with Crippen LogP contribution in [0, 0.1) is 0 Å². The standard InChI is InChI=1S/C14H20O2/c1-4-5-10-16-14(15)13-9-7-6-8-12(13)11(2)3/h6-9,11H,4-5,10H2,1-3H3. The van der Waals surface area contributed by atoms with Gasteiger partial charge in [0, 0.05) is 0 Å². The van der Waals surface area contributed by atoms with Gasteiger partial charge in [-0.15, -0.1) is 0 Å². The maximum absolute atomic E-state index is 11.8. The Balaban J connectivity index is 2.74. The lowest BCUT2D eigenvalue weighted by Crippen LogP contribution is -2.09. The molecule has 1 aromatic carbocycles. The highest BCUT2D eigenvalue weighted by Gasteiger charge is 2.13. The molecule has 16 heavy (non-hydrogen) atoms. The van der Waals surface area contributed by atoms with Crippen LogP contribution in [0.15, 0.2) is 24.3 Å². The maximum Gasteiger partial charge on any atom is 0.338 e. The lowest BCUT2D eigenvalue weighted by Gasteiger charge is -2.11. The van der Waals surface area contributed by atoms with Gasteiger partial charge in [-0.2, -0.15) is 0 Å². The predicted molar refractivity (Wildman–Crippen MR) is 65.7 cm³/mol. The molecular formula is C14H20O2. The first-order valence-electron chi connectivity index (χ1n) is 5.92. The van der Waals surface area contributed by atoms with Crippen LogP contribution in [-0.2, 0) is 4.74 Å². The van der Waals surface area contributed by atoms with Crippen LogP contribution in [0.1, 0.15) is 55.5 Å². The van der Waals surface area contributed by atoms with Crippen LogP contribution in [0.25, 0.3) is 0 Å². The molecule has 1 aromatic rings. The molecule has 0 unspecified atom stereocenters. The third kappa shape index (κ3) is 3.37. The van der Waals surface area contributed by atoms with Crippen molar-refractivity contribution >= 4 is 5.97 Å². The Morgan fingerprint density at radius 2 is 2.00 bits per heavy atom. The zero-order valence-corrected chi connectivity index (χ0v) is 10.3. The van der Waals surface area contributed by atoms with Gasteiger partial charge in [0.25, 0.3) is 0 Å². The van der Waals surface area contributed by atoms with Crippen LogP contribution in [0.5, 0.6) is 0 Å². The summed E-state index contributed by atoms with van der Waals surface area (Å²) in [6, 6.07) is 7.66. The molecule has 2 heteroatoms. The van der Waals surface area contributed by atoms with E-state index >= 15 is 0 Å². The highest BCUT2D eigenvalue weighted by Crippen LogP contribution is 2.19. The molecule has 0 bridgehead atoms. The minimum Gasteiger partial charge on any atom is -0.462 e. The summed E-state index contributed by atoms with van der Waals surface area (Å²) in [7, 11) is 0. The lowest BCUT2D eigenvalue weighted by molar-refractivity contribution is 0.0498. The van der Waals surface area contributed by atoms with Gasteiger partial charge < -0.3 is 4.74 Å². The molecule has 0 N–H and O–H groups in total. The molecule has 0 amide bonds. The van der Waals surface area contributed by atoms with Crippen LogP contribution in [-0.4, -0.2) is 12.6 Å². The molecule has 2 nitrogen and oxygen atoms in total. The zero-order valence-electron chi connectivity index (χ0n) is 10.3. The monoisotopic (exact) mass is 220 g/mol. The molecule has 0 saturated heterocycles. The second-order valence-electron chi connectivity index (χ2n) is 4.23. The first kappa shape index (κ1) is 12.8. The largest absolute Gasteiger partial charge is 0.462 e. The van der Waals surface area contributed by atoms with Crippen molar-refractivity contribution < 1.29 is 9.53 Å². The molecule has 0 saturated carbocycles. The van der Waals surface area contributed by atoms with Gasteiger partial charge in [0.15, 0.2) is 0 Å². The lowest BCUT2D eigenvalue weighted by atomic mass is 9.97. The van der Waals surface area contributed by atoms with Crippen LogP contribution >= 0.6 is 0 Å². The van der Waals surface area contributed by atoms with Crippen molar-refractivity contribution in [1.29, 1.82) is 0 Å². The fourth-order valence-corrected chi connectivity index (χ4v) is 1.57. The smallest absolute Gasteiger partial charge is 0.338 e. The van der Waals surface area contributed by atoms with E-state index in [0.29, 0.717) is 18.1 Å². The molecular weight excluding hydrogens is 200 g/mol. The zero-order chi connectivity index (χ0) is 12.0. The number of carbonyl (C=O) groups excluding carboxylic acids is 1. The van der Waals surface area contributed by atoms with E-state index in [9.17, 15) is 4.79 Å². The van der Waals surface area contributed by atoms with Crippen molar-refractivity contribution in [2.24, 2.45) is 0 Å². The van der Waals surface area contributed by atoms with Crippen molar-refractivity contribution in [1.82, 2.24) is 0 Å². The minimum absolute atomic E-state index is 0.197. The Morgan fingerprint density at radius 1 is 1.31 bits per heavy atom. The first-order valence-corrected chi connectivity index (χ1v) is 5.92. The third-order valence-corrected chi connectivity index (χ3v) is 2.53. The fraction of sp³-hybridized carbons (Fsp3) is 0.500. The fourth-order valence-electron chi connectivity index (χ4n) is 1.57. The summed E-state index contributed by atoms with van der Waals surface area (Å²) >= 11 is 0. The second kappa shape index (κ2) is 6.31. The number of carbonyl (C=O) groups is 1. The molecule has 0 aliphatic heterocycles. The molecule has 0 aliphatic carbocycles. The van der Waals surface area contributed by atoms with Gasteiger partial charge in [-0.05, 0) is 24.0 Å². The van der Waals surface area contributed by atoms with E-state index in [1.807, 2.05) is 24.3 Å². The molecule has 0 spiro atoms. The maximum atomic E-state index is 11.8. The van der Waals surface area contributed by atoms with Gasteiger partial charge in [0.1, 0.15) is 0 Å². The molecule has 1 rings (SSSR count). The Kier molecular flexibility index (Phi) is 5.03. The predicted octanol–water partition coefficient (Wildman–Crippen LogP) is 3.77. The molecule has 0 heterocycles. The van der Waals surface area contributed by atoms with E-state index in [-0.39, 0.29) is 5.97 Å². The van der Waals surface area contributed by atoms with Crippen LogP contribution in [0.2, 0.25) is 0 Å². The number of unbranched alkanes of at least 4 members (excludes halogenated alkanes) is 1. The van der Waals surface area contributed by atoms with E-state index in [2.05, 4.69) is 20.8 Å². The minimum atomic E-state index is -0.197. The van der Waals surface area contributed by atoms with E-state index in [0.717, 1.165) is 18.4 Å². The van der Waals surface area contributed by atoms with E-state index in [1.165, 1.54) is 0 Å². The van der Waals surface area contributed by atoms with Crippen molar-refractivity contribution in [3.8, 4) is 0 Å². The van der Waals surface area contributed by atoms with Gasteiger partial charge in [0.05, 0.1) is 12.2 Å². The average Bonchev–Trinajstić information content (AvgIpc) is 2.29. The average molecular weight is 220 g/mol. The Labute approximate surface area is 97.6 Å². The molecule has 88 valence electrons. The van der Waals surface area contributed by atoms with Crippen LogP contribution < -0.4 is 0 Å². The number of hydrogen-bond acceptors (Lipinski definition) is 2. The highest BCUT2D eigenvalue weighted by atomic mass is 16.5. The summed E-state index contributed by atoms with van der Waals surface area (Å²) in [5.74, 6) is 0.146. The van der Waals surface area contributed by atoms with Crippen LogP contribution in [0.3, 0.4) is 0 Å². The summed E-state index contributed by atoms with van der Waals surface area (Å²) in [6.07, 6.45) is 1.97. The Morgan fingerprint density at radius 3 is 2.62 bits per heavy atom. The van der Waals surface area contributed by atoms with Crippen molar-refractivity contribution in [2.75, 3.05) is 6.61 Å². The summed E-state index contributed by atoms with van der Waals surface area (Å²) < 4.78 is 5.22. The number of rotatable bonds is 5. The molecule has 0 fully saturated rings. The summed E-state index contributed by atoms with van der Waals surface area (Å²) in [4.78, 5) is 11.8. The van der Waals surface area contributed by atoms with Gasteiger partial charge in [-0.1, -0.05) is 45.4 Å². The highest BCUT2D eigenvalue weighted by molar-refractivity contribution is 5.91.